The third-order valence-electron chi connectivity index (χ3n) is 4.27. The van der Waals surface area contributed by atoms with Gasteiger partial charge in [-0.3, -0.25) is 18.9 Å². The van der Waals surface area contributed by atoms with Crippen LogP contribution >= 0.6 is 0 Å². The van der Waals surface area contributed by atoms with Gasteiger partial charge in [0.15, 0.2) is 23.1 Å². The Kier molecular flexibility index (Phi) is 4.23. The molecule has 9 heteroatoms. The molecule has 0 aliphatic carbocycles. The maximum Gasteiger partial charge on any atom is 0.340 e. The zero-order valence-electron chi connectivity index (χ0n) is 15.2. The van der Waals surface area contributed by atoms with Crippen molar-refractivity contribution in [1.82, 2.24) is 23.7 Å². The van der Waals surface area contributed by atoms with Crippen LogP contribution in [-0.4, -0.2) is 29.6 Å². The highest BCUT2D eigenvalue weighted by atomic mass is 16.5. The van der Waals surface area contributed by atoms with Gasteiger partial charge in [-0.15, -0.1) is 0 Å². The third-order valence-corrected chi connectivity index (χ3v) is 4.27. The lowest BCUT2D eigenvalue weighted by Gasteiger charge is -2.13. The Morgan fingerprint density at radius 1 is 1.12 bits per heavy atom. The zero-order chi connectivity index (χ0) is 19.2. The third kappa shape index (κ3) is 2.71. The van der Waals surface area contributed by atoms with Crippen molar-refractivity contribution in [1.29, 1.82) is 0 Å². The fraction of sp³-hybridized carbons (Fsp3) is 0.353. The van der Waals surface area contributed by atoms with Gasteiger partial charge in [0.1, 0.15) is 0 Å². The number of aromatic nitrogens is 5. The van der Waals surface area contributed by atoms with Crippen molar-refractivity contribution >= 4 is 17.1 Å². The number of rotatable bonds is 3. The smallest absolute Gasteiger partial charge is 0.340 e. The summed E-state index contributed by atoms with van der Waals surface area (Å²) in [5.74, 6) is -0.171. The molecular weight excluding hydrogens is 338 g/mol. The van der Waals surface area contributed by atoms with E-state index in [0.717, 1.165) is 10.1 Å². The minimum absolute atomic E-state index is 0.246. The van der Waals surface area contributed by atoms with Crippen molar-refractivity contribution in [3.05, 3.63) is 56.2 Å². The van der Waals surface area contributed by atoms with Gasteiger partial charge in [0, 0.05) is 33.5 Å². The monoisotopic (exact) mass is 357 g/mol. The van der Waals surface area contributed by atoms with Crippen LogP contribution in [0.5, 0.6) is 0 Å². The Morgan fingerprint density at radius 3 is 2.46 bits per heavy atom. The second-order valence-corrected chi connectivity index (χ2v) is 6.21. The van der Waals surface area contributed by atoms with Gasteiger partial charge in [0.05, 0.1) is 5.56 Å². The average Bonchev–Trinajstić information content (AvgIpc) is 2.95. The van der Waals surface area contributed by atoms with Gasteiger partial charge >= 0.3 is 11.7 Å². The molecule has 0 aliphatic rings. The maximum atomic E-state index is 12.4. The van der Waals surface area contributed by atoms with Gasteiger partial charge < -0.3 is 9.30 Å². The molecule has 9 nitrogen and oxygen atoms in total. The standard InChI is InChI=1S/C17H19N5O4/c1-9-6-11(8-18-7-9)16(24)26-10(2)13-19-14-12(20(13)3)15(23)22(5)17(25)21(14)4/h6-8,10H,1-5H3. The highest BCUT2D eigenvalue weighted by Gasteiger charge is 2.23. The Bertz CT molecular complexity index is 1140. The van der Waals surface area contributed by atoms with Gasteiger partial charge in [-0.05, 0) is 25.5 Å². The summed E-state index contributed by atoms with van der Waals surface area (Å²) in [4.78, 5) is 45.1. The van der Waals surface area contributed by atoms with E-state index in [1.165, 1.54) is 24.9 Å². The van der Waals surface area contributed by atoms with E-state index in [2.05, 4.69) is 9.97 Å². The highest BCUT2D eigenvalue weighted by Crippen LogP contribution is 2.20. The van der Waals surface area contributed by atoms with Crippen LogP contribution in [0.4, 0.5) is 0 Å². The first-order valence-corrected chi connectivity index (χ1v) is 7.97. The largest absolute Gasteiger partial charge is 0.451 e. The molecule has 0 saturated carbocycles. The number of hydrogen-bond donors (Lipinski definition) is 0. The van der Waals surface area contributed by atoms with Crippen LogP contribution in [0.3, 0.4) is 0 Å². The number of fused-ring (bicyclic) bond motifs is 1. The average molecular weight is 357 g/mol. The van der Waals surface area contributed by atoms with E-state index in [9.17, 15) is 14.4 Å². The Morgan fingerprint density at radius 2 is 1.81 bits per heavy atom. The van der Waals surface area contributed by atoms with Crippen molar-refractivity contribution in [2.75, 3.05) is 0 Å². The van der Waals surface area contributed by atoms with Crippen LogP contribution in [-0.2, 0) is 25.9 Å². The molecule has 26 heavy (non-hydrogen) atoms. The molecule has 0 bridgehead atoms. The SMILES string of the molecule is Cc1cncc(C(=O)OC(C)c2nc3c(c(=O)n(C)c(=O)n3C)n2C)c1. The van der Waals surface area contributed by atoms with Crippen LogP contribution in [0, 0.1) is 6.92 Å². The summed E-state index contributed by atoms with van der Waals surface area (Å²) in [7, 11) is 4.59. The number of ether oxygens (including phenoxy) is 1. The molecule has 0 spiro atoms. The van der Waals surface area contributed by atoms with Crippen LogP contribution in [0.15, 0.2) is 28.0 Å². The van der Waals surface area contributed by atoms with Crippen molar-refractivity contribution in [2.24, 2.45) is 21.1 Å². The van der Waals surface area contributed by atoms with Crippen LogP contribution in [0.2, 0.25) is 0 Å². The van der Waals surface area contributed by atoms with E-state index >= 15 is 0 Å². The summed E-state index contributed by atoms with van der Waals surface area (Å²) in [5, 5.41) is 0. The van der Waals surface area contributed by atoms with E-state index < -0.39 is 23.3 Å². The highest BCUT2D eigenvalue weighted by molar-refractivity contribution is 5.89. The topological polar surface area (TPSA) is 101 Å². The van der Waals surface area contributed by atoms with Crippen LogP contribution in [0.1, 0.15) is 34.8 Å². The molecule has 0 amide bonds. The fourth-order valence-electron chi connectivity index (χ4n) is 2.85. The van der Waals surface area contributed by atoms with E-state index in [0.29, 0.717) is 11.4 Å². The quantitative estimate of drug-likeness (QED) is 0.636. The fourth-order valence-corrected chi connectivity index (χ4v) is 2.85. The lowest BCUT2D eigenvalue weighted by Crippen LogP contribution is -2.37. The zero-order valence-corrected chi connectivity index (χ0v) is 15.2. The molecule has 3 aromatic rings. The molecule has 0 radical (unpaired) electrons. The molecule has 1 atom stereocenters. The first-order chi connectivity index (χ1) is 12.2. The number of pyridine rings is 1. The summed E-state index contributed by atoms with van der Waals surface area (Å²) in [6.07, 6.45) is 2.35. The van der Waals surface area contributed by atoms with E-state index in [4.69, 9.17) is 4.74 Å². The predicted molar refractivity (Wildman–Crippen MR) is 94.0 cm³/mol. The molecule has 0 N–H and O–H groups in total. The number of hydrogen-bond acceptors (Lipinski definition) is 6. The van der Waals surface area contributed by atoms with E-state index in [-0.39, 0.29) is 11.2 Å². The van der Waals surface area contributed by atoms with Crippen molar-refractivity contribution in [2.45, 2.75) is 20.0 Å². The van der Waals surface area contributed by atoms with Gasteiger partial charge in [-0.1, -0.05) is 0 Å². The number of esters is 1. The van der Waals surface area contributed by atoms with Gasteiger partial charge in [0.2, 0.25) is 0 Å². The molecule has 136 valence electrons. The Labute approximate surface area is 148 Å². The summed E-state index contributed by atoms with van der Waals surface area (Å²) in [6.45, 7) is 3.49. The number of aryl methyl sites for hydroxylation is 3. The maximum absolute atomic E-state index is 12.4. The molecule has 0 fully saturated rings. The summed E-state index contributed by atoms with van der Waals surface area (Å²) in [6, 6.07) is 1.68. The summed E-state index contributed by atoms with van der Waals surface area (Å²) in [5.41, 5.74) is 0.765. The van der Waals surface area contributed by atoms with Gasteiger partial charge in [-0.2, -0.15) is 0 Å². The first kappa shape index (κ1) is 17.6. The normalized spacial score (nSPS) is 12.3. The number of carbonyl (C=O) groups excluding carboxylic acids is 1. The Balaban J connectivity index is 2.03. The molecule has 3 rings (SSSR count). The van der Waals surface area contributed by atoms with Gasteiger partial charge in [0.25, 0.3) is 5.56 Å². The van der Waals surface area contributed by atoms with Crippen LogP contribution < -0.4 is 11.2 Å². The number of imidazole rings is 1. The van der Waals surface area contributed by atoms with E-state index in [1.54, 1.807) is 30.8 Å². The second-order valence-electron chi connectivity index (χ2n) is 6.21. The summed E-state index contributed by atoms with van der Waals surface area (Å²) >= 11 is 0. The number of nitrogens with zero attached hydrogens (tertiary/aromatic N) is 5. The lowest BCUT2D eigenvalue weighted by molar-refractivity contribution is 0.0315. The van der Waals surface area contributed by atoms with Crippen molar-refractivity contribution in [3.8, 4) is 0 Å². The Hall–Kier alpha value is -3.23. The molecule has 0 saturated heterocycles. The minimum Gasteiger partial charge on any atom is -0.451 e. The van der Waals surface area contributed by atoms with Crippen molar-refractivity contribution < 1.29 is 9.53 Å². The molecule has 0 aromatic carbocycles. The molecular formula is C17H19N5O4. The molecule has 3 heterocycles. The molecule has 0 aliphatic heterocycles. The van der Waals surface area contributed by atoms with E-state index in [1.807, 2.05) is 6.92 Å². The second kappa shape index (κ2) is 6.25. The minimum atomic E-state index is -0.722. The first-order valence-electron chi connectivity index (χ1n) is 7.97. The lowest BCUT2D eigenvalue weighted by atomic mass is 10.2. The molecule has 1 unspecified atom stereocenters. The number of carbonyl (C=O) groups is 1. The van der Waals surface area contributed by atoms with Crippen molar-refractivity contribution in [3.63, 3.8) is 0 Å². The van der Waals surface area contributed by atoms with Gasteiger partial charge in [-0.25, -0.2) is 14.6 Å². The predicted octanol–water partition coefficient (Wildman–Crippen LogP) is 0.592. The summed E-state index contributed by atoms with van der Waals surface area (Å²) < 4.78 is 9.32. The molecule has 3 aromatic heterocycles. The van der Waals surface area contributed by atoms with Crippen LogP contribution in [0.25, 0.3) is 11.2 Å².